The zero-order valence-electron chi connectivity index (χ0n) is 21.4. The lowest BCUT2D eigenvalue weighted by Crippen LogP contribution is -2.46. The van der Waals surface area contributed by atoms with Crippen molar-refractivity contribution < 1.29 is 18.8 Å². The predicted molar refractivity (Wildman–Crippen MR) is 141 cm³/mol. The first-order valence-electron chi connectivity index (χ1n) is 11.9. The monoisotopic (exact) mass is 486 g/mol. The molecule has 2 aromatic carbocycles. The smallest absolute Gasteiger partial charge is 0.316 e. The number of hydrogen-bond acceptors (Lipinski definition) is 6. The normalized spacial score (nSPS) is 14.3. The van der Waals surface area contributed by atoms with Crippen molar-refractivity contribution in [2.24, 2.45) is 11.5 Å². The Morgan fingerprint density at radius 3 is 1.53 bits per heavy atom. The van der Waals surface area contributed by atoms with E-state index < -0.39 is 20.3 Å². The van der Waals surface area contributed by atoms with Gasteiger partial charge in [-0.25, -0.2) is 0 Å². The molecule has 0 spiro atoms. The maximum atomic E-state index is 11.1. The first-order valence-corrected chi connectivity index (χ1v) is 14.8. The van der Waals surface area contributed by atoms with Crippen molar-refractivity contribution in [3.63, 3.8) is 0 Å². The van der Waals surface area contributed by atoms with Gasteiger partial charge in [0.15, 0.2) is 8.32 Å². The summed E-state index contributed by atoms with van der Waals surface area (Å²) in [6, 6.07) is 20.5. The van der Waals surface area contributed by atoms with Gasteiger partial charge in [-0.15, -0.1) is 0 Å². The van der Waals surface area contributed by atoms with E-state index >= 15 is 0 Å². The largest absolute Gasteiger partial charge is 0.413 e. The van der Waals surface area contributed by atoms with Crippen molar-refractivity contribution in [3.05, 3.63) is 71.8 Å². The van der Waals surface area contributed by atoms with E-state index in [9.17, 15) is 9.59 Å². The highest BCUT2D eigenvalue weighted by molar-refractivity contribution is 6.74. The molecule has 188 valence electrons. The van der Waals surface area contributed by atoms with Gasteiger partial charge < -0.3 is 20.6 Å². The van der Waals surface area contributed by atoms with Crippen LogP contribution < -0.4 is 11.5 Å². The minimum absolute atomic E-state index is 0.0808. The Kier molecular flexibility index (Phi) is 13.0. The van der Waals surface area contributed by atoms with E-state index in [1.54, 1.807) is 0 Å². The number of ether oxygens (including phenoxy) is 1. The van der Waals surface area contributed by atoms with Crippen LogP contribution in [0.25, 0.3) is 0 Å². The van der Waals surface area contributed by atoms with Crippen LogP contribution in [0.4, 0.5) is 0 Å². The van der Waals surface area contributed by atoms with Gasteiger partial charge in [0.05, 0.1) is 18.9 Å². The Labute approximate surface area is 206 Å². The van der Waals surface area contributed by atoms with E-state index in [-0.39, 0.29) is 24.0 Å². The fraction of sp³-hybridized carbons (Fsp3) is 0.481. The minimum Gasteiger partial charge on any atom is -0.413 e. The van der Waals surface area contributed by atoms with E-state index in [2.05, 4.69) is 62.9 Å². The highest BCUT2D eigenvalue weighted by Gasteiger charge is 2.41. The van der Waals surface area contributed by atoms with Gasteiger partial charge in [0.25, 0.3) is 0 Å². The molecule has 4 N–H and O–H groups in total. The number of benzene rings is 2. The number of nitrogens with two attached hydrogens (primary N) is 2. The molecule has 1 fully saturated rings. The molecule has 0 aromatic heterocycles. The number of hydrogen-bond donors (Lipinski definition) is 2. The van der Waals surface area contributed by atoms with Gasteiger partial charge in [-0.1, -0.05) is 81.4 Å². The number of esters is 2. The van der Waals surface area contributed by atoms with Crippen molar-refractivity contribution in [2.75, 3.05) is 13.1 Å². The third-order valence-corrected chi connectivity index (χ3v) is 10.4. The molecule has 2 aromatic rings. The predicted octanol–water partition coefficient (Wildman–Crippen LogP) is 4.62. The van der Waals surface area contributed by atoms with Gasteiger partial charge in [-0.3, -0.25) is 9.59 Å². The Morgan fingerprint density at radius 1 is 0.824 bits per heavy atom. The summed E-state index contributed by atoms with van der Waals surface area (Å²) in [4.78, 5) is 22.2. The second-order valence-electron chi connectivity index (χ2n) is 9.80. The fourth-order valence-electron chi connectivity index (χ4n) is 2.95. The van der Waals surface area contributed by atoms with Gasteiger partial charge in [0.2, 0.25) is 0 Å². The van der Waals surface area contributed by atoms with Crippen LogP contribution in [0, 0.1) is 0 Å². The van der Waals surface area contributed by atoms with Gasteiger partial charge in [-0.05, 0) is 55.2 Å². The standard InChI is InChI=1S/C11H20O4Si.2C8H11N/c1-11(2,3)16(4,5)15-8-6-9(12)14-10(13)7-8;2*9-7-6-8-4-2-1-3-5-8/h8H,6-7H2,1-5H3;2*1-5H,6-7,9H2. The second kappa shape index (κ2) is 14.8. The van der Waals surface area contributed by atoms with Crippen LogP contribution in [0.1, 0.15) is 44.7 Å². The molecule has 0 unspecified atom stereocenters. The average Bonchev–Trinajstić information content (AvgIpc) is 2.75. The SMILES string of the molecule is CC(C)(C)[Si](C)(C)OC1CC(=O)OC(=O)C1.NCCc1ccccc1.NCCc1ccccc1. The molecule has 1 saturated heterocycles. The summed E-state index contributed by atoms with van der Waals surface area (Å²) in [5.74, 6) is -0.945. The summed E-state index contributed by atoms with van der Waals surface area (Å²) in [7, 11) is -1.91. The van der Waals surface area contributed by atoms with E-state index in [0.717, 1.165) is 25.9 Å². The van der Waals surface area contributed by atoms with Crippen molar-refractivity contribution in [3.8, 4) is 0 Å². The van der Waals surface area contributed by atoms with E-state index in [1.807, 2.05) is 36.4 Å². The van der Waals surface area contributed by atoms with Crippen LogP contribution in [-0.2, 0) is 31.6 Å². The van der Waals surface area contributed by atoms with E-state index in [1.165, 1.54) is 11.1 Å². The van der Waals surface area contributed by atoms with Crippen molar-refractivity contribution in [2.45, 2.75) is 70.7 Å². The summed E-state index contributed by atoms with van der Waals surface area (Å²) in [6.45, 7) is 12.1. The van der Waals surface area contributed by atoms with Crippen LogP contribution in [0.3, 0.4) is 0 Å². The lowest BCUT2D eigenvalue weighted by molar-refractivity contribution is -0.167. The van der Waals surface area contributed by atoms with Crippen LogP contribution in [0.5, 0.6) is 0 Å². The summed E-state index contributed by atoms with van der Waals surface area (Å²) in [6.07, 6.45) is 2.06. The zero-order valence-corrected chi connectivity index (χ0v) is 22.4. The van der Waals surface area contributed by atoms with Gasteiger partial charge in [0, 0.05) is 0 Å². The quantitative estimate of drug-likeness (QED) is 0.351. The maximum Gasteiger partial charge on any atom is 0.316 e. The average molecular weight is 487 g/mol. The van der Waals surface area contributed by atoms with Gasteiger partial charge in [-0.2, -0.15) is 0 Å². The first-order chi connectivity index (χ1) is 16.0. The van der Waals surface area contributed by atoms with Gasteiger partial charge in [0.1, 0.15) is 0 Å². The summed E-state index contributed by atoms with van der Waals surface area (Å²) >= 11 is 0. The molecular weight excluding hydrogens is 444 g/mol. The Hall–Kier alpha value is -2.32. The number of rotatable bonds is 6. The summed E-state index contributed by atoms with van der Waals surface area (Å²) in [5.41, 5.74) is 13.4. The molecule has 34 heavy (non-hydrogen) atoms. The third kappa shape index (κ3) is 11.7. The van der Waals surface area contributed by atoms with Crippen LogP contribution >= 0.6 is 0 Å². The molecule has 0 radical (unpaired) electrons. The number of carbonyl (C=O) groups excluding carboxylic acids is 2. The number of carbonyl (C=O) groups is 2. The maximum absolute atomic E-state index is 11.1. The number of cyclic esters (lactones) is 2. The molecule has 1 aliphatic rings. The molecule has 6 nitrogen and oxygen atoms in total. The Morgan fingerprint density at radius 2 is 1.21 bits per heavy atom. The molecule has 0 amide bonds. The van der Waals surface area contributed by atoms with E-state index in [0.29, 0.717) is 0 Å². The molecule has 3 rings (SSSR count). The topological polar surface area (TPSA) is 105 Å². The Balaban J connectivity index is 0.000000274. The van der Waals surface area contributed by atoms with E-state index in [4.69, 9.17) is 15.9 Å². The molecule has 0 atom stereocenters. The molecule has 0 bridgehead atoms. The molecule has 1 heterocycles. The van der Waals surface area contributed by atoms with Crippen molar-refractivity contribution >= 4 is 20.3 Å². The fourth-order valence-corrected chi connectivity index (χ4v) is 4.31. The molecular formula is C27H42N2O4Si. The molecule has 0 aliphatic carbocycles. The second-order valence-corrected chi connectivity index (χ2v) is 14.6. The van der Waals surface area contributed by atoms with Crippen LogP contribution in [0.2, 0.25) is 18.1 Å². The molecule has 0 saturated carbocycles. The first kappa shape index (κ1) is 29.7. The molecule has 1 aliphatic heterocycles. The highest BCUT2D eigenvalue weighted by Crippen LogP contribution is 2.38. The van der Waals surface area contributed by atoms with Crippen molar-refractivity contribution in [1.82, 2.24) is 0 Å². The lowest BCUT2D eigenvalue weighted by atomic mass is 10.1. The van der Waals surface area contributed by atoms with Gasteiger partial charge >= 0.3 is 11.9 Å². The zero-order chi connectivity index (χ0) is 25.6. The lowest BCUT2D eigenvalue weighted by Gasteiger charge is -2.39. The summed E-state index contributed by atoms with van der Waals surface area (Å²) < 4.78 is 10.5. The van der Waals surface area contributed by atoms with Crippen molar-refractivity contribution in [1.29, 1.82) is 0 Å². The summed E-state index contributed by atoms with van der Waals surface area (Å²) in [5, 5.41) is 0.0808. The highest BCUT2D eigenvalue weighted by atomic mass is 28.4. The minimum atomic E-state index is -1.91. The molecule has 7 heteroatoms. The van der Waals surface area contributed by atoms with Crippen LogP contribution in [-0.4, -0.2) is 39.4 Å². The Bertz CT molecular complexity index is 794. The van der Waals surface area contributed by atoms with Crippen LogP contribution in [0.15, 0.2) is 60.7 Å². The third-order valence-electron chi connectivity index (χ3n) is 5.84.